The van der Waals surface area contributed by atoms with Gasteiger partial charge in [0.1, 0.15) is 18.8 Å². The Morgan fingerprint density at radius 3 is 2.35 bits per heavy atom. The quantitative estimate of drug-likeness (QED) is 0.340. The van der Waals surface area contributed by atoms with Crippen LogP contribution in [0.1, 0.15) is 45.4 Å². The average molecular weight is 292 g/mol. The Bertz CT molecular complexity index is 234. The van der Waals surface area contributed by atoms with E-state index in [1.165, 1.54) is 12.8 Å². The number of unbranched alkanes of at least 4 members (excludes halogenated alkanes) is 4. The van der Waals surface area contributed by atoms with Gasteiger partial charge in [-0.1, -0.05) is 32.6 Å². The molecule has 0 radical (unpaired) electrons. The van der Waals surface area contributed by atoms with E-state index in [4.69, 9.17) is 24.8 Å². The van der Waals surface area contributed by atoms with Crippen LogP contribution in [-0.2, 0) is 14.3 Å². The van der Waals surface area contributed by atoms with Crippen LogP contribution in [0.25, 0.3) is 0 Å². The molecule has 0 saturated heterocycles. The van der Waals surface area contributed by atoms with Crippen molar-refractivity contribution >= 4 is 5.97 Å². The molecule has 0 aliphatic heterocycles. The van der Waals surface area contributed by atoms with E-state index in [2.05, 4.69) is 6.92 Å². The van der Waals surface area contributed by atoms with Gasteiger partial charge < -0.3 is 24.8 Å². The van der Waals surface area contributed by atoms with E-state index in [0.29, 0.717) is 6.42 Å². The lowest BCUT2D eigenvalue weighted by Gasteiger charge is -2.17. The summed E-state index contributed by atoms with van der Waals surface area (Å²) in [6, 6.07) is 0. The number of carbonyl (C=O) groups excluding carboxylic acids is 1. The highest BCUT2D eigenvalue weighted by molar-refractivity contribution is 5.69. The van der Waals surface area contributed by atoms with Gasteiger partial charge in [-0.15, -0.1) is 0 Å². The predicted molar refractivity (Wildman–Crippen MR) is 74.3 cm³/mol. The Labute approximate surface area is 120 Å². The first-order valence-electron chi connectivity index (χ1n) is 7.31. The number of carbonyl (C=O) groups is 1. The largest absolute Gasteiger partial charge is 0.463 e. The van der Waals surface area contributed by atoms with Gasteiger partial charge in [-0.05, 0) is 6.42 Å². The van der Waals surface area contributed by atoms with E-state index < -0.39 is 18.8 Å². The lowest BCUT2D eigenvalue weighted by Crippen LogP contribution is -2.30. The molecule has 0 heterocycles. The number of ether oxygens (including phenoxy) is 2. The summed E-state index contributed by atoms with van der Waals surface area (Å²) in [5.74, 6) is -0.300. The minimum absolute atomic E-state index is 0.0392. The molecule has 0 spiro atoms. The molecular weight excluding hydrogens is 264 g/mol. The summed E-state index contributed by atoms with van der Waals surface area (Å²) < 4.78 is 10.1. The van der Waals surface area contributed by atoms with E-state index in [9.17, 15) is 4.79 Å². The van der Waals surface area contributed by atoms with Gasteiger partial charge in [0.25, 0.3) is 0 Å². The van der Waals surface area contributed by atoms with Crippen LogP contribution in [0, 0.1) is 0 Å². The van der Waals surface area contributed by atoms with Crippen molar-refractivity contribution in [3.05, 3.63) is 0 Å². The third-order valence-electron chi connectivity index (χ3n) is 2.85. The van der Waals surface area contributed by atoms with Gasteiger partial charge in [0.15, 0.2) is 0 Å². The van der Waals surface area contributed by atoms with Crippen LogP contribution in [0.15, 0.2) is 0 Å². The molecule has 20 heavy (non-hydrogen) atoms. The fourth-order valence-electron chi connectivity index (χ4n) is 1.58. The highest BCUT2D eigenvalue weighted by atomic mass is 16.6. The van der Waals surface area contributed by atoms with Crippen LogP contribution >= 0.6 is 0 Å². The van der Waals surface area contributed by atoms with Crippen LogP contribution in [0.2, 0.25) is 0 Å². The summed E-state index contributed by atoms with van der Waals surface area (Å²) in [4.78, 5) is 11.4. The van der Waals surface area contributed by atoms with E-state index >= 15 is 0 Å². The zero-order chi connectivity index (χ0) is 15.2. The summed E-state index contributed by atoms with van der Waals surface area (Å²) in [5.41, 5.74) is 0. The monoisotopic (exact) mass is 292 g/mol. The summed E-state index contributed by atoms with van der Waals surface area (Å²) >= 11 is 0. The summed E-state index contributed by atoms with van der Waals surface area (Å²) in [7, 11) is 0. The molecule has 2 unspecified atom stereocenters. The van der Waals surface area contributed by atoms with Crippen molar-refractivity contribution in [1.82, 2.24) is 0 Å². The molecular formula is C14H28O6. The fraction of sp³-hybridized carbons (Fsp3) is 0.929. The maximum atomic E-state index is 11.4. The van der Waals surface area contributed by atoms with Crippen molar-refractivity contribution < 1.29 is 29.6 Å². The van der Waals surface area contributed by atoms with Gasteiger partial charge in [0.05, 0.1) is 19.8 Å². The van der Waals surface area contributed by atoms with Crippen LogP contribution < -0.4 is 0 Å². The predicted octanol–water partition coefficient (Wildman–Crippen LogP) is 0.621. The standard InChI is InChI=1S/C14H28O6/c1-2-3-4-5-6-7-14(18)20-11-13(9-16)19-10-12(17)8-15/h12-13,15-17H,2-11H2,1H3. The zero-order valence-electron chi connectivity index (χ0n) is 12.3. The van der Waals surface area contributed by atoms with Crippen molar-refractivity contribution in [3.63, 3.8) is 0 Å². The first-order chi connectivity index (χ1) is 9.63. The highest BCUT2D eigenvalue weighted by Crippen LogP contribution is 2.06. The lowest BCUT2D eigenvalue weighted by molar-refractivity contribution is -0.150. The number of aliphatic hydroxyl groups is 3. The van der Waals surface area contributed by atoms with Gasteiger partial charge in [0, 0.05) is 6.42 Å². The van der Waals surface area contributed by atoms with Gasteiger partial charge in [-0.3, -0.25) is 4.79 Å². The van der Waals surface area contributed by atoms with Gasteiger partial charge in [-0.2, -0.15) is 0 Å². The molecule has 0 aromatic rings. The molecule has 3 N–H and O–H groups in total. The van der Waals surface area contributed by atoms with Crippen LogP contribution in [0.4, 0.5) is 0 Å². The molecule has 0 aliphatic rings. The van der Waals surface area contributed by atoms with Crippen molar-refractivity contribution in [2.75, 3.05) is 26.4 Å². The third-order valence-corrected chi connectivity index (χ3v) is 2.85. The molecule has 0 bridgehead atoms. The number of hydrogen-bond donors (Lipinski definition) is 3. The van der Waals surface area contributed by atoms with E-state index in [-0.39, 0.29) is 25.8 Å². The van der Waals surface area contributed by atoms with Crippen molar-refractivity contribution in [2.45, 2.75) is 57.7 Å². The normalized spacial score (nSPS) is 14.0. The SMILES string of the molecule is CCCCCCCC(=O)OCC(CO)OCC(O)CO. The highest BCUT2D eigenvalue weighted by Gasteiger charge is 2.13. The third kappa shape index (κ3) is 11.2. The van der Waals surface area contributed by atoms with Gasteiger partial charge in [-0.25, -0.2) is 0 Å². The molecule has 0 fully saturated rings. The first kappa shape index (κ1) is 19.3. The smallest absolute Gasteiger partial charge is 0.305 e. The molecule has 0 amide bonds. The fourth-order valence-corrected chi connectivity index (χ4v) is 1.58. The summed E-state index contributed by atoms with van der Waals surface area (Å²) in [6.45, 7) is 1.29. The van der Waals surface area contributed by atoms with E-state index in [0.717, 1.165) is 19.3 Å². The molecule has 0 aromatic carbocycles. The average Bonchev–Trinajstić information content (AvgIpc) is 2.46. The number of hydrogen-bond acceptors (Lipinski definition) is 6. The lowest BCUT2D eigenvalue weighted by atomic mass is 10.1. The second kappa shape index (κ2) is 13.3. The minimum atomic E-state index is -0.988. The van der Waals surface area contributed by atoms with Crippen molar-refractivity contribution in [2.24, 2.45) is 0 Å². The molecule has 0 aromatic heterocycles. The molecule has 0 saturated carbocycles. The molecule has 6 heteroatoms. The Morgan fingerprint density at radius 1 is 1.05 bits per heavy atom. The van der Waals surface area contributed by atoms with E-state index in [1.807, 2.05) is 0 Å². The maximum Gasteiger partial charge on any atom is 0.305 e. The molecule has 6 nitrogen and oxygen atoms in total. The number of rotatable bonds is 13. The summed E-state index contributed by atoms with van der Waals surface area (Å²) in [6.07, 6.45) is 4.03. The second-order valence-electron chi connectivity index (χ2n) is 4.82. The zero-order valence-corrected chi connectivity index (χ0v) is 12.3. The van der Waals surface area contributed by atoms with Crippen LogP contribution in [0.5, 0.6) is 0 Å². The van der Waals surface area contributed by atoms with E-state index in [1.54, 1.807) is 0 Å². The number of aliphatic hydroxyl groups excluding tert-OH is 3. The topological polar surface area (TPSA) is 96.2 Å². The maximum absolute atomic E-state index is 11.4. The minimum Gasteiger partial charge on any atom is -0.463 e. The molecule has 0 rings (SSSR count). The Balaban J connectivity index is 3.63. The Hall–Kier alpha value is -0.690. The molecule has 120 valence electrons. The van der Waals surface area contributed by atoms with Crippen LogP contribution in [0.3, 0.4) is 0 Å². The van der Waals surface area contributed by atoms with Gasteiger partial charge in [0.2, 0.25) is 0 Å². The van der Waals surface area contributed by atoms with Gasteiger partial charge >= 0.3 is 5.97 Å². The second-order valence-corrected chi connectivity index (χ2v) is 4.82. The van der Waals surface area contributed by atoms with Crippen molar-refractivity contribution in [1.29, 1.82) is 0 Å². The molecule has 0 aliphatic carbocycles. The first-order valence-corrected chi connectivity index (χ1v) is 7.31. The number of esters is 1. The summed E-state index contributed by atoms with van der Waals surface area (Å²) in [5, 5.41) is 26.8. The van der Waals surface area contributed by atoms with Crippen molar-refractivity contribution in [3.8, 4) is 0 Å². The molecule has 2 atom stereocenters. The Morgan fingerprint density at radius 2 is 1.75 bits per heavy atom. The van der Waals surface area contributed by atoms with Crippen LogP contribution in [-0.4, -0.2) is 59.9 Å². The Kier molecular flexibility index (Phi) is 12.8.